The van der Waals surface area contributed by atoms with E-state index in [1.54, 1.807) is 11.0 Å². The van der Waals surface area contributed by atoms with Crippen LogP contribution in [0.25, 0.3) is 11.2 Å². The lowest BCUT2D eigenvalue weighted by atomic mass is 10.2. The Kier molecular flexibility index (Phi) is 4.93. The van der Waals surface area contributed by atoms with E-state index in [9.17, 15) is 4.79 Å². The molecule has 0 unspecified atom stereocenters. The van der Waals surface area contributed by atoms with Crippen LogP contribution in [-0.2, 0) is 16.6 Å². The largest absolute Gasteiger partial charge is 0.376 e. The number of fused-ring (bicyclic) bond motifs is 1. The summed E-state index contributed by atoms with van der Waals surface area (Å²) in [5.74, 6) is 0.873. The number of aromatic nitrogens is 5. The van der Waals surface area contributed by atoms with Gasteiger partial charge >= 0.3 is 0 Å². The van der Waals surface area contributed by atoms with E-state index in [1.165, 1.54) is 0 Å². The molecule has 1 amide bonds. The third-order valence-corrected chi connectivity index (χ3v) is 4.96. The second-order valence-corrected chi connectivity index (χ2v) is 6.78. The molecule has 140 valence electrons. The second kappa shape index (κ2) is 7.50. The van der Waals surface area contributed by atoms with Gasteiger partial charge in [0, 0.05) is 46.4 Å². The van der Waals surface area contributed by atoms with E-state index >= 15 is 0 Å². The molecule has 0 spiro atoms. The number of hydrogen-bond acceptors (Lipinski definition) is 8. The summed E-state index contributed by atoms with van der Waals surface area (Å²) in [6.45, 7) is 5.04. The number of anilines is 1. The zero-order valence-electron chi connectivity index (χ0n) is 15.0. The fourth-order valence-electron chi connectivity index (χ4n) is 3.48. The number of piperazine rings is 1. The maximum Gasteiger partial charge on any atom is 0.234 e. The molecular weight excluding hydrogens is 336 g/mol. The minimum atomic E-state index is 0.0623. The topological polar surface area (TPSA) is 101 Å². The van der Waals surface area contributed by atoms with Crippen molar-refractivity contribution >= 4 is 22.9 Å². The van der Waals surface area contributed by atoms with Crippen LogP contribution in [0.5, 0.6) is 0 Å². The average molecular weight is 360 g/mol. The van der Waals surface area contributed by atoms with Crippen molar-refractivity contribution in [1.29, 1.82) is 0 Å². The van der Waals surface area contributed by atoms with Crippen molar-refractivity contribution in [3.05, 3.63) is 6.33 Å². The first kappa shape index (κ1) is 17.1. The highest BCUT2D eigenvalue weighted by molar-refractivity contribution is 5.82. The summed E-state index contributed by atoms with van der Waals surface area (Å²) in [6, 6.07) is 0. The lowest BCUT2D eigenvalue weighted by molar-refractivity contribution is -0.122. The number of rotatable bonds is 5. The van der Waals surface area contributed by atoms with Crippen molar-refractivity contribution in [2.45, 2.75) is 18.9 Å². The predicted molar refractivity (Wildman–Crippen MR) is 94.7 cm³/mol. The molecule has 26 heavy (non-hydrogen) atoms. The number of aryl methyl sites for hydroxylation is 1. The molecule has 2 saturated heterocycles. The third-order valence-electron chi connectivity index (χ3n) is 4.96. The first-order chi connectivity index (χ1) is 12.7. The van der Waals surface area contributed by atoms with Gasteiger partial charge in [-0.15, -0.1) is 5.10 Å². The highest BCUT2D eigenvalue weighted by atomic mass is 16.5. The van der Waals surface area contributed by atoms with E-state index in [2.05, 4.69) is 35.4 Å². The van der Waals surface area contributed by atoms with Gasteiger partial charge in [-0.3, -0.25) is 9.69 Å². The Labute approximate surface area is 151 Å². The fraction of sp³-hybridized carbons (Fsp3) is 0.688. The van der Waals surface area contributed by atoms with Gasteiger partial charge in [0.15, 0.2) is 17.0 Å². The quantitative estimate of drug-likeness (QED) is 0.738. The maximum atomic E-state index is 12.1. The minimum absolute atomic E-state index is 0.0623. The van der Waals surface area contributed by atoms with E-state index in [4.69, 9.17) is 4.74 Å². The summed E-state index contributed by atoms with van der Waals surface area (Å²) in [7, 11) is 1.82. The smallest absolute Gasteiger partial charge is 0.234 e. The van der Waals surface area contributed by atoms with Gasteiger partial charge in [-0.2, -0.15) is 0 Å². The average Bonchev–Trinajstić information content (AvgIpc) is 3.31. The lowest BCUT2D eigenvalue weighted by Gasteiger charge is -2.34. The number of hydrogen-bond donors (Lipinski definition) is 1. The van der Waals surface area contributed by atoms with Crippen molar-refractivity contribution in [3.8, 4) is 0 Å². The number of carbonyl (C=O) groups excluding carboxylic acids is 1. The van der Waals surface area contributed by atoms with Crippen LogP contribution in [-0.4, -0.2) is 87.7 Å². The van der Waals surface area contributed by atoms with Gasteiger partial charge < -0.3 is 15.0 Å². The Balaban J connectivity index is 1.29. The van der Waals surface area contributed by atoms with Crippen LogP contribution in [0.1, 0.15) is 12.8 Å². The van der Waals surface area contributed by atoms with E-state index in [0.717, 1.165) is 62.6 Å². The van der Waals surface area contributed by atoms with Crippen LogP contribution in [0, 0.1) is 0 Å². The fourth-order valence-corrected chi connectivity index (χ4v) is 3.48. The first-order valence-corrected chi connectivity index (χ1v) is 9.06. The third kappa shape index (κ3) is 3.61. The van der Waals surface area contributed by atoms with Crippen LogP contribution in [0.15, 0.2) is 6.33 Å². The molecule has 10 nitrogen and oxygen atoms in total. The molecule has 1 N–H and O–H groups in total. The molecule has 2 fully saturated rings. The van der Waals surface area contributed by atoms with Crippen LogP contribution < -0.4 is 10.2 Å². The first-order valence-electron chi connectivity index (χ1n) is 9.06. The number of ether oxygens (including phenoxy) is 1. The molecule has 0 bridgehead atoms. The van der Waals surface area contributed by atoms with Crippen LogP contribution in [0.3, 0.4) is 0 Å². The molecule has 0 aromatic carbocycles. The highest BCUT2D eigenvalue weighted by Gasteiger charge is 2.23. The second-order valence-electron chi connectivity index (χ2n) is 6.78. The Bertz CT molecular complexity index is 765. The zero-order valence-corrected chi connectivity index (χ0v) is 15.0. The Morgan fingerprint density at radius 1 is 1.31 bits per heavy atom. The summed E-state index contributed by atoms with van der Waals surface area (Å²) >= 11 is 0. The van der Waals surface area contributed by atoms with Gasteiger partial charge in [0.25, 0.3) is 0 Å². The maximum absolute atomic E-state index is 12.1. The van der Waals surface area contributed by atoms with E-state index in [1.807, 2.05) is 7.05 Å². The number of amides is 1. The van der Waals surface area contributed by atoms with Gasteiger partial charge in [0.1, 0.15) is 6.33 Å². The van der Waals surface area contributed by atoms with Crippen molar-refractivity contribution in [2.75, 3.05) is 50.8 Å². The molecule has 2 aromatic heterocycles. The molecule has 1 atom stereocenters. The van der Waals surface area contributed by atoms with Crippen molar-refractivity contribution < 1.29 is 9.53 Å². The summed E-state index contributed by atoms with van der Waals surface area (Å²) in [5.41, 5.74) is 1.45. The van der Waals surface area contributed by atoms with E-state index in [-0.39, 0.29) is 12.0 Å². The van der Waals surface area contributed by atoms with Gasteiger partial charge in [0.05, 0.1) is 12.6 Å². The van der Waals surface area contributed by atoms with E-state index < -0.39 is 0 Å². The number of carbonyl (C=O) groups is 1. The minimum Gasteiger partial charge on any atom is -0.376 e. The van der Waals surface area contributed by atoms with Gasteiger partial charge in [-0.25, -0.2) is 14.6 Å². The van der Waals surface area contributed by atoms with Crippen LogP contribution >= 0.6 is 0 Å². The Morgan fingerprint density at radius 2 is 2.15 bits per heavy atom. The van der Waals surface area contributed by atoms with Gasteiger partial charge in [0.2, 0.25) is 5.91 Å². The van der Waals surface area contributed by atoms with Crippen molar-refractivity contribution in [2.24, 2.45) is 7.05 Å². The summed E-state index contributed by atoms with van der Waals surface area (Å²) < 4.78 is 7.18. The zero-order chi connectivity index (χ0) is 17.9. The van der Waals surface area contributed by atoms with E-state index in [0.29, 0.717) is 13.1 Å². The Morgan fingerprint density at radius 3 is 2.92 bits per heavy atom. The molecule has 4 rings (SSSR count). The van der Waals surface area contributed by atoms with Gasteiger partial charge in [-0.1, -0.05) is 5.21 Å². The van der Waals surface area contributed by atoms with Crippen molar-refractivity contribution in [3.63, 3.8) is 0 Å². The summed E-state index contributed by atoms with van der Waals surface area (Å²) in [5, 5.41) is 11.2. The SMILES string of the molecule is Cn1nnc2c(N3CCN(CC(=O)NC[C@@H]4CCCO4)CC3)ncnc21. The highest BCUT2D eigenvalue weighted by Crippen LogP contribution is 2.21. The number of nitrogens with one attached hydrogen (secondary N) is 1. The molecule has 2 aliphatic heterocycles. The standard InChI is InChI=1S/C16H24N8O2/c1-22-15-14(20-21-22)16(19-11-18-15)24-6-4-23(5-7-24)10-13(25)17-9-12-3-2-8-26-12/h11-12H,2-10H2,1H3,(H,17,25)/t12-/m0/s1. The molecule has 0 saturated carbocycles. The van der Waals surface area contributed by atoms with Crippen molar-refractivity contribution in [1.82, 2.24) is 35.2 Å². The molecule has 10 heteroatoms. The molecule has 2 aromatic rings. The van der Waals surface area contributed by atoms with Crippen LogP contribution in [0.4, 0.5) is 5.82 Å². The Hall–Kier alpha value is -2.33. The number of nitrogens with zero attached hydrogens (tertiary/aromatic N) is 7. The normalized spacial score (nSPS) is 21.4. The molecule has 4 heterocycles. The monoisotopic (exact) mass is 360 g/mol. The lowest BCUT2D eigenvalue weighted by Crippen LogP contribution is -2.50. The molecule has 0 radical (unpaired) electrons. The molecular formula is C16H24N8O2. The van der Waals surface area contributed by atoms with Crippen LogP contribution in [0.2, 0.25) is 0 Å². The summed E-state index contributed by atoms with van der Waals surface area (Å²) in [4.78, 5) is 25.1. The predicted octanol–water partition coefficient (Wildman–Crippen LogP) is -0.824. The summed E-state index contributed by atoms with van der Waals surface area (Å²) in [6.07, 6.45) is 3.86. The molecule has 0 aliphatic carbocycles. The molecule has 2 aliphatic rings. The van der Waals surface area contributed by atoms with Gasteiger partial charge in [-0.05, 0) is 12.8 Å².